The van der Waals surface area contributed by atoms with Crippen molar-refractivity contribution < 1.29 is 23.8 Å². The molecule has 0 heterocycles. The third-order valence-electron chi connectivity index (χ3n) is 3.85. The average Bonchev–Trinajstić information content (AvgIpc) is 2.37. The molecule has 0 aromatic rings. The van der Waals surface area contributed by atoms with Crippen LogP contribution in [0.1, 0.15) is 40.5 Å². The Hall–Kier alpha value is -0.853. The Labute approximate surface area is 135 Å². The molecule has 0 aromatic carbocycles. The summed E-state index contributed by atoms with van der Waals surface area (Å²) in [5.74, 6) is 0. The number of rotatable bonds is 9. The topological polar surface area (TPSA) is 65.0 Å². The molecule has 0 spiro atoms. The molecule has 0 aromatic heterocycles. The highest BCUT2D eigenvalue weighted by atomic mass is 28.4. The zero-order chi connectivity index (χ0) is 17.2. The van der Waals surface area contributed by atoms with Gasteiger partial charge in [0.1, 0.15) is 6.61 Å². The monoisotopic (exact) mass is 332 g/mol. The van der Waals surface area contributed by atoms with Gasteiger partial charge in [-0.3, -0.25) is 0 Å². The predicted octanol–water partition coefficient (Wildman–Crippen LogP) is 3.88. The quantitative estimate of drug-likeness (QED) is 0.394. The molecule has 6 heteroatoms. The van der Waals surface area contributed by atoms with Gasteiger partial charge in [-0.25, -0.2) is 4.79 Å². The van der Waals surface area contributed by atoms with Gasteiger partial charge in [0.05, 0.1) is 12.7 Å². The van der Waals surface area contributed by atoms with Crippen molar-refractivity contribution in [3.8, 4) is 0 Å². The summed E-state index contributed by atoms with van der Waals surface area (Å²) < 4.78 is 15.4. The Kier molecular flexibility index (Phi) is 9.63. The zero-order valence-corrected chi connectivity index (χ0v) is 15.8. The lowest BCUT2D eigenvalue weighted by molar-refractivity contribution is 0.0672. The van der Waals surface area contributed by atoms with Gasteiger partial charge in [0, 0.05) is 6.61 Å². The number of carbonyl (C=O) groups is 1. The fourth-order valence-electron chi connectivity index (χ4n) is 1.38. The van der Waals surface area contributed by atoms with Crippen LogP contribution in [0.3, 0.4) is 0 Å². The van der Waals surface area contributed by atoms with Crippen LogP contribution in [0.15, 0.2) is 12.2 Å². The van der Waals surface area contributed by atoms with Crippen LogP contribution >= 0.6 is 0 Å². The smallest absolute Gasteiger partial charge is 0.435 e. The highest BCUT2D eigenvalue weighted by Crippen LogP contribution is 2.36. The molecule has 22 heavy (non-hydrogen) atoms. The van der Waals surface area contributed by atoms with Crippen molar-refractivity contribution >= 4 is 14.5 Å². The second-order valence-corrected chi connectivity index (χ2v) is 11.6. The van der Waals surface area contributed by atoms with E-state index >= 15 is 0 Å². The summed E-state index contributed by atoms with van der Waals surface area (Å²) in [5.41, 5.74) is 0. The van der Waals surface area contributed by atoms with Crippen molar-refractivity contribution in [1.82, 2.24) is 0 Å². The highest BCUT2D eigenvalue weighted by molar-refractivity contribution is 6.74. The first-order chi connectivity index (χ1) is 10.1. The molecule has 1 N–H and O–H groups in total. The lowest BCUT2D eigenvalue weighted by Crippen LogP contribution is -2.41. The van der Waals surface area contributed by atoms with Gasteiger partial charge in [0.2, 0.25) is 0 Å². The SMILES string of the molecule is CCOC(=O)OC/C=C/CC(O)CCO[Si](C)(C)C(C)(C)C. The van der Waals surface area contributed by atoms with E-state index in [1.807, 2.05) is 0 Å². The van der Waals surface area contributed by atoms with Gasteiger partial charge in [0.15, 0.2) is 8.32 Å². The van der Waals surface area contributed by atoms with E-state index in [4.69, 9.17) is 9.16 Å². The molecule has 1 unspecified atom stereocenters. The van der Waals surface area contributed by atoms with Crippen molar-refractivity contribution in [3.05, 3.63) is 12.2 Å². The molecule has 0 amide bonds. The molecule has 130 valence electrons. The van der Waals surface area contributed by atoms with Crippen LogP contribution in [0.4, 0.5) is 4.79 Å². The number of hydrogen-bond donors (Lipinski definition) is 1. The molecule has 0 rings (SSSR count). The van der Waals surface area contributed by atoms with Crippen LogP contribution in [0, 0.1) is 0 Å². The Bertz CT molecular complexity index is 347. The summed E-state index contributed by atoms with van der Waals surface area (Å²) in [7, 11) is -1.74. The summed E-state index contributed by atoms with van der Waals surface area (Å²) in [6.07, 6.45) is 3.52. The van der Waals surface area contributed by atoms with Gasteiger partial charge >= 0.3 is 6.16 Å². The molecule has 0 fully saturated rings. The summed E-state index contributed by atoms with van der Waals surface area (Å²) in [6.45, 7) is 13.7. The van der Waals surface area contributed by atoms with Gasteiger partial charge in [-0.1, -0.05) is 32.9 Å². The van der Waals surface area contributed by atoms with Crippen molar-refractivity contribution in [2.45, 2.75) is 64.8 Å². The van der Waals surface area contributed by atoms with Crippen LogP contribution in [0.25, 0.3) is 0 Å². The van der Waals surface area contributed by atoms with E-state index in [1.54, 1.807) is 19.1 Å². The maximum Gasteiger partial charge on any atom is 0.508 e. The Morgan fingerprint density at radius 2 is 1.86 bits per heavy atom. The summed E-state index contributed by atoms with van der Waals surface area (Å²) in [6, 6.07) is 0. The number of carbonyl (C=O) groups excluding carboxylic acids is 1. The maximum absolute atomic E-state index is 10.9. The molecular weight excluding hydrogens is 300 g/mol. The van der Waals surface area contributed by atoms with E-state index in [2.05, 4.69) is 38.6 Å². The Morgan fingerprint density at radius 1 is 1.23 bits per heavy atom. The van der Waals surface area contributed by atoms with Gasteiger partial charge in [-0.2, -0.15) is 0 Å². The van der Waals surface area contributed by atoms with Gasteiger partial charge in [-0.15, -0.1) is 0 Å². The summed E-state index contributed by atoms with van der Waals surface area (Å²) in [5, 5.41) is 10.1. The van der Waals surface area contributed by atoms with Gasteiger partial charge in [-0.05, 0) is 37.9 Å². The van der Waals surface area contributed by atoms with E-state index in [9.17, 15) is 9.90 Å². The van der Waals surface area contributed by atoms with Crippen molar-refractivity contribution in [2.24, 2.45) is 0 Å². The van der Waals surface area contributed by atoms with Crippen LogP contribution in [0.2, 0.25) is 18.1 Å². The van der Waals surface area contributed by atoms with E-state index in [-0.39, 0.29) is 11.6 Å². The first-order valence-corrected chi connectivity index (χ1v) is 10.8. The molecule has 0 saturated heterocycles. The molecule has 0 bridgehead atoms. The van der Waals surface area contributed by atoms with Gasteiger partial charge < -0.3 is 19.0 Å². The highest BCUT2D eigenvalue weighted by Gasteiger charge is 2.36. The lowest BCUT2D eigenvalue weighted by atomic mass is 10.2. The average molecular weight is 333 g/mol. The van der Waals surface area contributed by atoms with E-state index in [1.165, 1.54) is 0 Å². The number of hydrogen-bond acceptors (Lipinski definition) is 5. The van der Waals surface area contributed by atoms with E-state index in [0.717, 1.165) is 0 Å². The minimum absolute atomic E-state index is 0.159. The third kappa shape index (κ3) is 9.22. The third-order valence-corrected chi connectivity index (χ3v) is 8.39. The summed E-state index contributed by atoms with van der Waals surface area (Å²) >= 11 is 0. The minimum Gasteiger partial charge on any atom is -0.435 e. The van der Waals surface area contributed by atoms with Crippen molar-refractivity contribution in [3.63, 3.8) is 0 Å². The first-order valence-electron chi connectivity index (χ1n) is 7.86. The fourth-order valence-corrected chi connectivity index (χ4v) is 2.44. The predicted molar refractivity (Wildman–Crippen MR) is 90.5 cm³/mol. The van der Waals surface area contributed by atoms with E-state index in [0.29, 0.717) is 26.1 Å². The number of aliphatic hydroxyl groups is 1. The Morgan fingerprint density at radius 3 is 2.41 bits per heavy atom. The Balaban J connectivity index is 3.83. The number of ether oxygens (including phenoxy) is 2. The molecular formula is C16H32O5Si. The molecule has 5 nitrogen and oxygen atoms in total. The van der Waals surface area contributed by atoms with Gasteiger partial charge in [0.25, 0.3) is 0 Å². The first kappa shape index (κ1) is 21.1. The van der Waals surface area contributed by atoms with Crippen LogP contribution < -0.4 is 0 Å². The molecule has 0 aliphatic rings. The molecule has 0 aliphatic carbocycles. The molecule has 0 aliphatic heterocycles. The molecule has 0 saturated carbocycles. The lowest BCUT2D eigenvalue weighted by Gasteiger charge is -2.36. The van der Waals surface area contributed by atoms with Crippen LogP contribution in [-0.2, 0) is 13.9 Å². The second kappa shape index (κ2) is 10.0. The van der Waals surface area contributed by atoms with Crippen LogP contribution in [-0.4, -0.2) is 45.5 Å². The fraction of sp³-hybridized carbons (Fsp3) is 0.812. The molecule has 0 radical (unpaired) electrons. The molecule has 1 atom stereocenters. The normalized spacial score (nSPS) is 14.1. The largest absolute Gasteiger partial charge is 0.508 e. The van der Waals surface area contributed by atoms with Crippen molar-refractivity contribution in [2.75, 3.05) is 19.8 Å². The standard InChI is InChI=1S/C16H32O5Si/c1-7-19-15(18)20-12-9-8-10-14(17)11-13-21-22(5,6)16(2,3)4/h8-9,14,17H,7,10-13H2,1-6H3/b9-8+. The maximum atomic E-state index is 10.9. The van der Waals surface area contributed by atoms with Crippen LogP contribution in [0.5, 0.6) is 0 Å². The zero-order valence-electron chi connectivity index (χ0n) is 14.8. The number of aliphatic hydroxyl groups excluding tert-OH is 1. The summed E-state index contributed by atoms with van der Waals surface area (Å²) in [4.78, 5) is 10.9. The second-order valence-electron chi connectivity index (χ2n) is 6.75. The van der Waals surface area contributed by atoms with E-state index < -0.39 is 20.6 Å². The van der Waals surface area contributed by atoms with Crippen molar-refractivity contribution in [1.29, 1.82) is 0 Å². The minimum atomic E-state index is -1.74.